The minimum Gasteiger partial charge on any atom is -0.336 e. The number of benzene rings is 1. The SMILES string of the molecule is CCC(C)C(=O)NC(C#N)c1ccccc1F. The van der Waals surface area contributed by atoms with Gasteiger partial charge < -0.3 is 5.32 Å². The molecule has 0 aliphatic heterocycles. The van der Waals surface area contributed by atoms with Gasteiger partial charge in [0.05, 0.1) is 6.07 Å². The molecule has 0 bridgehead atoms. The van der Waals surface area contributed by atoms with Crippen LogP contribution in [0.15, 0.2) is 24.3 Å². The van der Waals surface area contributed by atoms with Crippen molar-refractivity contribution in [2.45, 2.75) is 26.3 Å². The maximum Gasteiger partial charge on any atom is 0.224 e. The molecule has 0 saturated carbocycles. The predicted octanol–water partition coefficient (Wildman–Crippen LogP) is 2.55. The number of amides is 1. The summed E-state index contributed by atoms with van der Waals surface area (Å²) >= 11 is 0. The minimum atomic E-state index is -0.933. The Morgan fingerprint density at radius 2 is 2.18 bits per heavy atom. The van der Waals surface area contributed by atoms with Crippen LogP contribution in [0.4, 0.5) is 4.39 Å². The van der Waals surface area contributed by atoms with Crippen LogP contribution in [0.2, 0.25) is 0 Å². The molecule has 0 aliphatic rings. The average Bonchev–Trinajstić information content (AvgIpc) is 2.35. The number of nitriles is 1. The van der Waals surface area contributed by atoms with Crippen LogP contribution in [0.5, 0.6) is 0 Å². The molecule has 0 fully saturated rings. The second kappa shape index (κ2) is 6.00. The first-order chi connectivity index (χ1) is 8.10. The third kappa shape index (κ3) is 3.28. The van der Waals surface area contributed by atoms with Gasteiger partial charge in [0, 0.05) is 11.5 Å². The molecular weight excluding hydrogens is 219 g/mol. The van der Waals surface area contributed by atoms with Gasteiger partial charge in [-0.3, -0.25) is 4.79 Å². The molecule has 1 N–H and O–H groups in total. The second-order valence-electron chi connectivity index (χ2n) is 3.90. The monoisotopic (exact) mass is 234 g/mol. The molecule has 0 heterocycles. The summed E-state index contributed by atoms with van der Waals surface area (Å²) in [4.78, 5) is 11.6. The molecule has 2 unspecified atom stereocenters. The standard InChI is InChI=1S/C13H15FN2O/c1-3-9(2)13(17)16-12(8-15)10-6-4-5-7-11(10)14/h4-7,9,12H,3H2,1-2H3,(H,16,17). The quantitative estimate of drug-likeness (QED) is 0.870. The van der Waals surface area contributed by atoms with Crippen LogP contribution in [-0.4, -0.2) is 5.91 Å². The van der Waals surface area contributed by atoms with E-state index in [0.29, 0.717) is 6.42 Å². The van der Waals surface area contributed by atoms with Gasteiger partial charge in [-0.05, 0) is 12.5 Å². The van der Waals surface area contributed by atoms with E-state index in [1.54, 1.807) is 19.1 Å². The van der Waals surface area contributed by atoms with Crippen LogP contribution in [0.3, 0.4) is 0 Å². The number of hydrogen-bond donors (Lipinski definition) is 1. The van der Waals surface area contributed by atoms with Crippen LogP contribution in [0.1, 0.15) is 31.9 Å². The van der Waals surface area contributed by atoms with E-state index in [9.17, 15) is 9.18 Å². The molecule has 1 rings (SSSR count). The van der Waals surface area contributed by atoms with E-state index in [4.69, 9.17) is 5.26 Å². The van der Waals surface area contributed by atoms with Crippen molar-refractivity contribution in [2.75, 3.05) is 0 Å². The fraction of sp³-hybridized carbons (Fsp3) is 0.385. The van der Waals surface area contributed by atoms with Crippen molar-refractivity contribution < 1.29 is 9.18 Å². The molecule has 4 heteroatoms. The molecule has 1 amide bonds. The molecule has 1 aromatic rings. The lowest BCUT2D eigenvalue weighted by Crippen LogP contribution is -2.32. The molecule has 90 valence electrons. The average molecular weight is 234 g/mol. The van der Waals surface area contributed by atoms with E-state index in [2.05, 4.69) is 5.32 Å². The van der Waals surface area contributed by atoms with Gasteiger partial charge >= 0.3 is 0 Å². The Bertz CT molecular complexity index is 439. The summed E-state index contributed by atoms with van der Waals surface area (Å²) in [5.74, 6) is -0.900. The lowest BCUT2D eigenvalue weighted by molar-refractivity contribution is -0.125. The topological polar surface area (TPSA) is 52.9 Å². The van der Waals surface area contributed by atoms with E-state index >= 15 is 0 Å². The Labute approximate surface area is 100 Å². The summed E-state index contributed by atoms with van der Waals surface area (Å²) in [6.45, 7) is 3.65. The van der Waals surface area contributed by atoms with Crippen LogP contribution in [-0.2, 0) is 4.79 Å². The van der Waals surface area contributed by atoms with Gasteiger partial charge in [0.25, 0.3) is 0 Å². The number of halogens is 1. The fourth-order valence-electron chi connectivity index (χ4n) is 1.36. The summed E-state index contributed by atoms with van der Waals surface area (Å²) in [5, 5.41) is 11.5. The lowest BCUT2D eigenvalue weighted by Gasteiger charge is -2.15. The molecule has 0 aromatic heterocycles. The maximum atomic E-state index is 13.5. The zero-order valence-corrected chi connectivity index (χ0v) is 9.90. The van der Waals surface area contributed by atoms with E-state index in [0.717, 1.165) is 0 Å². The molecule has 0 saturated heterocycles. The summed E-state index contributed by atoms with van der Waals surface area (Å²) in [7, 11) is 0. The van der Waals surface area contributed by atoms with Crippen molar-refractivity contribution in [3.05, 3.63) is 35.6 Å². The largest absolute Gasteiger partial charge is 0.336 e. The van der Waals surface area contributed by atoms with Gasteiger partial charge in [-0.25, -0.2) is 4.39 Å². The van der Waals surface area contributed by atoms with Crippen molar-refractivity contribution in [1.29, 1.82) is 5.26 Å². The number of nitrogens with one attached hydrogen (secondary N) is 1. The Kier molecular flexibility index (Phi) is 4.65. The number of nitrogens with zero attached hydrogens (tertiary/aromatic N) is 1. The Hall–Kier alpha value is -1.89. The highest BCUT2D eigenvalue weighted by Gasteiger charge is 2.19. The molecule has 2 atom stereocenters. The van der Waals surface area contributed by atoms with Gasteiger partial charge in [-0.15, -0.1) is 0 Å². The second-order valence-corrected chi connectivity index (χ2v) is 3.90. The third-order valence-electron chi connectivity index (χ3n) is 2.69. The first-order valence-electron chi connectivity index (χ1n) is 5.54. The van der Waals surface area contributed by atoms with E-state index in [1.165, 1.54) is 12.1 Å². The predicted molar refractivity (Wildman–Crippen MR) is 62.4 cm³/mol. The Balaban J connectivity index is 2.84. The van der Waals surface area contributed by atoms with Gasteiger partial charge in [-0.2, -0.15) is 5.26 Å². The Morgan fingerprint density at radius 3 is 2.71 bits per heavy atom. The number of carbonyl (C=O) groups excluding carboxylic acids is 1. The summed E-state index contributed by atoms with van der Waals surface area (Å²) in [6.07, 6.45) is 0.682. The van der Waals surface area contributed by atoms with Crippen molar-refractivity contribution >= 4 is 5.91 Å². The molecule has 17 heavy (non-hydrogen) atoms. The molecule has 0 radical (unpaired) electrons. The van der Waals surface area contributed by atoms with Crippen LogP contribution in [0, 0.1) is 23.1 Å². The molecule has 3 nitrogen and oxygen atoms in total. The van der Waals surface area contributed by atoms with Gasteiger partial charge in [0.15, 0.2) is 0 Å². The zero-order chi connectivity index (χ0) is 12.8. The van der Waals surface area contributed by atoms with Crippen molar-refractivity contribution in [3.8, 4) is 6.07 Å². The van der Waals surface area contributed by atoms with Gasteiger partial charge in [0.1, 0.15) is 11.9 Å². The normalized spacial score (nSPS) is 13.5. The van der Waals surface area contributed by atoms with E-state index in [1.807, 2.05) is 13.0 Å². The first-order valence-corrected chi connectivity index (χ1v) is 5.54. The van der Waals surface area contributed by atoms with Gasteiger partial charge in [-0.1, -0.05) is 32.0 Å². The third-order valence-corrected chi connectivity index (χ3v) is 2.69. The van der Waals surface area contributed by atoms with Crippen LogP contribution >= 0.6 is 0 Å². The van der Waals surface area contributed by atoms with E-state index < -0.39 is 11.9 Å². The minimum absolute atomic E-state index is 0.183. The van der Waals surface area contributed by atoms with Crippen LogP contribution in [0.25, 0.3) is 0 Å². The summed E-state index contributed by atoms with van der Waals surface area (Å²) < 4.78 is 13.5. The number of carbonyl (C=O) groups is 1. The smallest absolute Gasteiger partial charge is 0.224 e. The van der Waals surface area contributed by atoms with Crippen molar-refractivity contribution in [2.24, 2.45) is 5.92 Å². The van der Waals surface area contributed by atoms with Crippen LogP contribution < -0.4 is 5.32 Å². The first kappa shape index (κ1) is 13.2. The lowest BCUT2D eigenvalue weighted by atomic mass is 10.0. The summed E-state index contributed by atoms with van der Waals surface area (Å²) in [5.41, 5.74) is 0.201. The fourth-order valence-corrected chi connectivity index (χ4v) is 1.36. The molecule has 0 spiro atoms. The van der Waals surface area contributed by atoms with Gasteiger partial charge in [0.2, 0.25) is 5.91 Å². The molecular formula is C13H15FN2O. The molecule has 1 aromatic carbocycles. The highest BCUT2D eigenvalue weighted by Crippen LogP contribution is 2.16. The molecule has 0 aliphatic carbocycles. The zero-order valence-electron chi connectivity index (χ0n) is 9.90. The Morgan fingerprint density at radius 1 is 1.53 bits per heavy atom. The maximum absolute atomic E-state index is 13.5. The summed E-state index contributed by atoms with van der Waals surface area (Å²) in [6, 6.07) is 6.92. The highest BCUT2D eigenvalue weighted by molar-refractivity contribution is 5.79. The van der Waals surface area contributed by atoms with E-state index in [-0.39, 0.29) is 17.4 Å². The van der Waals surface area contributed by atoms with Crippen molar-refractivity contribution in [1.82, 2.24) is 5.32 Å². The number of hydrogen-bond acceptors (Lipinski definition) is 2. The van der Waals surface area contributed by atoms with Crippen molar-refractivity contribution in [3.63, 3.8) is 0 Å². The highest BCUT2D eigenvalue weighted by atomic mass is 19.1. The number of rotatable bonds is 4.